The topological polar surface area (TPSA) is 76.9 Å². The number of carbonyl (C=O) groups is 2. The molecule has 176 valence electrons. The summed E-state index contributed by atoms with van der Waals surface area (Å²) in [5.41, 5.74) is 4.20. The van der Waals surface area contributed by atoms with Crippen LogP contribution in [0, 0.1) is 17.2 Å². The van der Waals surface area contributed by atoms with Crippen LogP contribution in [0.5, 0.6) is 0 Å². The Morgan fingerprint density at radius 1 is 1.21 bits per heavy atom. The number of amides is 2. The Morgan fingerprint density at radius 3 is 2.76 bits per heavy atom. The zero-order chi connectivity index (χ0) is 23.8. The van der Waals surface area contributed by atoms with E-state index in [1.807, 2.05) is 6.07 Å². The summed E-state index contributed by atoms with van der Waals surface area (Å²) < 4.78 is 5.44. The number of carbonyl (C=O) groups excluding carboxylic acids is 2. The summed E-state index contributed by atoms with van der Waals surface area (Å²) in [5.74, 6) is -0.377. The fourth-order valence-corrected chi connectivity index (χ4v) is 5.36. The number of hydrogen-bond donors (Lipinski definition) is 0. The molecule has 5 rings (SSSR count). The van der Waals surface area contributed by atoms with Crippen molar-refractivity contribution in [2.45, 2.75) is 25.8 Å². The lowest BCUT2D eigenvalue weighted by atomic mass is 10.0. The van der Waals surface area contributed by atoms with E-state index in [1.54, 1.807) is 34.1 Å². The average molecular weight is 479 g/mol. The van der Waals surface area contributed by atoms with Crippen LogP contribution in [-0.2, 0) is 20.9 Å². The van der Waals surface area contributed by atoms with Crippen LogP contribution in [0.1, 0.15) is 36.0 Å². The van der Waals surface area contributed by atoms with E-state index in [0.717, 1.165) is 49.7 Å². The number of halogens is 1. The zero-order valence-electron chi connectivity index (χ0n) is 19.2. The van der Waals surface area contributed by atoms with Crippen LogP contribution in [-0.4, -0.2) is 56.1 Å². The average Bonchev–Trinajstić information content (AvgIpc) is 3.39. The van der Waals surface area contributed by atoms with Crippen LogP contribution < -0.4 is 9.80 Å². The molecular formula is C26H27ClN4O3. The van der Waals surface area contributed by atoms with Crippen molar-refractivity contribution < 1.29 is 14.3 Å². The number of ether oxygens (including phenoxy) is 1. The Bertz CT molecular complexity index is 1170. The van der Waals surface area contributed by atoms with Crippen molar-refractivity contribution in [1.82, 2.24) is 4.90 Å². The highest BCUT2D eigenvalue weighted by Gasteiger charge is 2.40. The molecule has 0 N–H and O–H groups in total. The summed E-state index contributed by atoms with van der Waals surface area (Å²) in [6.07, 6.45) is 0.165. The second-order valence-electron chi connectivity index (χ2n) is 9.31. The van der Waals surface area contributed by atoms with E-state index in [1.165, 1.54) is 0 Å². The summed E-state index contributed by atoms with van der Waals surface area (Å²) in [5, 5.41) is 9.83. The van der Waals surface area contributed by atoms with Gasteiger partial charge in [0, 0.05) is 61.5 Å². The Kier molecular flexibility index (Phi) is 6.30. The molecule has 0 spiro atoms. The first-order chi connectivity index (χ1) is 16.4. The lowest BCUT2D eigenvalue weighted by Gasteiger charge is -2.27. The number of nitrogens with zero attached hydrogens (tertiary/aromatic N) is 4. The smallest absolute Gasteiger partial charge is 0.232 e. The van der Waals surface area contributed by atoms with Crippen LogP contribution in [0.25, 0.3) is 0 Å². The van der Waals surface area contributed by atoms with E-state index in [2.05, 4.69) is 24.0 Å². The summed E-state index contributed by atoms with van der Waals surface area (Å²) in [7, 11) is 0. The number of anilines is 2. The molecule has 3 aliphatic heterocycles. The van der Waals surface area contributed by atoms with E-state index >= 15 is 0 Å². The minimum atomic E-state index is -0.428. The normalized spacial score (nSPS) is 22.7. The Labute approximate surface area is 204 Å². The molecule has 7 nitrogen and oxygen atoms in total. The van der Waals surface area contributed by atoms with Gasteiger partial charge in [-0.2, -0.15) is 5.26 Å². The minimum Gasteiger partial charge on any atom is -0.379 e. The molecule has 2 fully saturated rings. The van der Waals surface area contributed by atoms with Crippen LogP contribution >= 0.6 is 11.6 Å². The Balaban J connectivity index is 1.34. The van der Waals surface area contributed by atoms with E-state index < -0.39 is 5.92 Å². The van der Waals surface area contributed by atoms with Crippen molar-refractivity contribution in [1.29, 1.82) is 5.26 Å². The fraction of sp³-hybridized carbons (Fsp3) is 0.423. The van der Waals surface area contributed by atoms with E-state index in [9.17, 15) is 14.9 Å². The highest BCUT2D eigenvalue weighted by atomic mass is 35.5. The summed E-state index contributed by atoms with van der Waals surface area (Å²) in [6, 6.07) is 13.1. The predicted octanol–water partition coefficient (Wildman–Crippen LogP) is 3.55. The second-order valence-corrected chi connectivity index (χ2v) is 9.72. The molecule has 8 heteroatoms. The van der Waals surface area contributed by atoms with Gasteiger partial charge in [0.05, 0.1) is 30.8 Å². The van der Waals surface area contributed by atoms with Crippen LogP contribution in [0.4, 0.5) is 11.4 Å². The third-order valence-electron chi connectivity index (χ3n) is 7.00. The summed E-state index contributed by atoms with van der Waals surface area (Å²) in [6.45, 7) is 7.03. The molecule has 0 bridgehead atoms. The number of nitriles is 1. The molecule has 0 aliphatic carbocycles. The van der Waals surface area contributed by atoms with E-state index in [0.29, 0.717) is 29.4 Å². The molecule has 2 amide bonds. The van der Waals surface area contributed by atoms with E-state index in [4.69, 9.17) is 16.3 Å². The standard InChI is InChI=1S/C26H27ClN4O3/c1-17-14-31(24-12-23(27)19(10-22(17)24)15-29-5-7-34-8-6-29)26(33)20-11-25(32)30(16-20)21-4-2-3-18(9-21)13-28/h2-4,9-10,12,17,20H,5-8,11,14-16H2,1H3/t17?,20-/m0/s1. The molecule has 2 aromatic rings. The molecule has 0 saturated carbocycles. The van der Waals surface area contributed by atoms with Gasteiger partial charge in [-0.1, -0.05) is 30.7 Å². The maximum absolute atomic E-state index is 13.5. The lowest BCUT2D eigenvalue weighted by molar-refractivity contribution is -0.124. The molecule has 3 heterocycles. The van der Waals surface area contributed by atoms with Gasteiger partial charge in [0.2, 0.25) is 11.8 Å². The van der Waals surface area contributed by atoms with E-state index in [-0.39, 0.29) is 24.2 Å². The van der Waals surface area contributed by atoms with Crippen molar-refractivity contribution in [3.63, 3.8) is 0 Å². The Hall–Kier alpha value is -2.92. The molecular weight excluding hydrogens is 452 g/mol. The summed E-state index contributed by atoms with van der Waals surface area (Å²) in [4.78, 5) is 32.0. The molecule has 3 aliphatic rings. The monoisotopic (exact) mass is 478 g/mol. The minimum absolute atomic E-state index is 0.0464. The molecule has 2 atom stereocenters. The molecule has 34 heavy (non-hydrogen) atoms. The van der Waals surface area contributed by atoms with Gasteiger partial charge >= 0.3 is 0 Å². The maximum Gasteiger partial charge on any atom is 0.232 e. The molecule has 1 unspecified atom stereocenters. The molecule has 0 radical (unpaired) electrons. The van der Waals surface area contributed by atoms with Gasteiger partial charge in [0.1, 0.15) is 0 Å². The third-order valence-corrected chi connectivity index (χ3v) is 7.35. The molecule has 0 aromatic heterocycles. The highest BCUT2D eigenvalue weighted by molar-refractivity contribution is 6.31. The first-order valence-electron chi connectivity index (χ1n) is 11.7. The van der Waals surface area contributed by atoms with Crippen LogP contribution in [0.2, 0.25) is 5.02 Å². The predicted molar refractivity (Wildman–Crippen MR) is 130 cm³/mol. The van der Waals surface area contributed by atoms with Gasteiger partial charge in [-0.15, -0.1) is 0 Å². The SMILES string of the molecule is CC1CN(C(=O)[C@H]2CC(=O)N(c3cccc(C#N)c3)C2)c2cc(Cl)c(CN3CCOCC3)cc21. The highest BCUT2D eigenvalue weighted by Crippen LogP contribution is 2.41. The maximum atomic E-state index is 13.5. The largest absolute Gasteiger partial charge is 0.379 e. The quantitative estimate of drug-likeness (QED) is 0.671. The summed E-state index contributed by atoms with van der Waals surface area (Å²) >= 11 is 6.67. The zero-order valence-corrected chi connectivity index (χ0v) is 19.9. The van der Waals surface area contributed by atoms with Gasteiger partial charge in [0.25, 0.3) is 0 Å². The van der Waals surface area contributed by atoms with Crippen LogP contribution in [0.3, 0.4) is 0 Å². The number of fused-ring (bicyclic) bond motifs is 1. The van der Waals surface area contributed by atoms with Crippen molar-refractivity contribution >= 4 is 34.8 Å². The van der Waals surface area contributed by atoms with Crippen molar-refractivity contribution in [2.75, 3.05) is 49.2 Å². The molecule has 2 aromatic carbocycles. The number of morpholine rings is 1. The lowest BCUT2D eigenvalue weighted by Crippen LogP contribution is -2.37. The molecule has 2 saturated heterocycles. The third kappa shape index (κ3) is 4.29. The Morgan fingerprint density at radius 2 is 2.00 bits per heavy atom. The van der Waals surface area contributed by atoms with Gasteiger partial charge < -0.3 is 14.5 Å². The van der Waals surface area contributed by atoms with Crippen molar-refractivity contribution in [3.05, 3.63) is 58.1 Å². The van der Waals surface area contributed by atoms with Gasteiger partial charge in [0.15, 0.2) is 0 Å². The van der Waals surface area contributed by atoms with Gasteiger partial charge in [-0.25, -0.2) is 0 Å². The van der Waals surface area contributed by atoms with Crippen molar-refractivity contribution in [2.24, 2.45) is 5.92 Å². The van der Waals surface area contributed by atoms with Crippen molar-refractivity contribution in [3.8, 4) is 6.07 Å². The van der Waals surface area contributed by atoms with Crippen LogP contribution in [0.15, 0.2) is 36.4 Å². The van der Waals surface area contributed by atoms with Gasteiger partial charge in [-0.05, 0) is 35.4 Å². The second kappa shape index (κ2) is 9.38. The number of rotatable bonds is 4. The number of benzene rings is 2. The first-order valence-corrected chi connectivity index (χ1v) is 12.1. The fourth-order valence-electron chi connectivity index (χ4n) is 5.14. The van der Waals surface area contributed by atoms with Gasteiger partial charge in [-0.3, -0.25) is 14.5 Å². The number of hydrogen-bond acceptors (Lipinski definition) is 5. The first kappa shape index (κ1) is 22.9.